The predicted molar refractivity (Wildman–Crippen MR) is 121 cm³/mol. The summed E-state index contributed by atoms with van der Waals surface area (Å²) in [5.41, 5.74) is 7.30. The number of fused-ring (bicyclic) bond motifs is 3. The highest BCUT2D eigenvalue weighted by Gasteiger charge is 2.39. The third-order valence-electron chi connectivity index (χ3n) is 6.11. The fourth-order valence-electron chi connectivity index (χ4n) is 5.10. The van der Waals surface area contributed by atoms with Crippen LogP contribution in [0.1, 0.15) is 35.7 Å². The van der Waals surface area contributed by atoms with Gasteiger partial charge in [-0.3, -0.25) is 0 Å². The smallest absolute Gasteiger partial charge is 0.123 e. The molecule has 0 saturated heterocycles. The van der Waals surface area contributed by atoms with Gasteiger partial charge in [0.05, 0.1) is 0 Å². The molecule has 1 aliphatic heterocycles. The minimum absolute atomic E-state index is 0.0935. The molecule has 1 aromatic heterocycles. The molecular formula is C26H29FN2. The van der Waals surface area contributed by atoms with E-state index in [1.54, 1.807) is 0 Å². The molecule has 4 rings (SSSR count). The fraction of sp³-hybridized carbons (Fsp3) is 0.308. The van der Waals surface area contributed by atoms with Crippen LogP contribution in [-0.2, 0) is 18.5 Å². The van der Waals surface area contributed by atoms with Gasteiger partial charge in [-0.1, -0.05) is 43.3 Å². The van der Waals surface area contributed by atoms with E-state index < -0.39 is 0 Å². The second-order valence-corrected chi connectivity index (χ2v) is 8.77. The Morgan fingerprint density at radius 2 is 1.93 bits per heavy atom. The van der Waals surface area contributed by atoms with Crippen molar-refractivity contribution in [3.8, 4) is 0 Å². The monoisotopic (exact) mass is 388 g/mol. The number of benzene rings is 2. The Labute approximate surface area is 173 Å². The van der Waals surface area contributed by atoms with E-state index >= 15 is 0 Å². The quantitative estimate of drug-likeness (QED) is 0.481. The van der Waals surface area contributed by atoms with Crippen molar-refractivity contribution in [2.45, 2.75) is 38.8 Å². The summed E-state index contributed by atoms with van der Waals surface area (Å²) in [5, 5.41) is 1.34. The van der Waals surface area contributed by atoms with Gasteiger partial charge in [0, 0.05) is 41.6 Å². The topological polar surface area (TPSA) is 8.17 Å². The van der Waals surface area contributed by atoms with E-state index in [1.807, 2.05) is 18.2 Å². The number of hydrogen-bond acceptors (Lipinski definition) is 1. The first-order valence-corrected chi connectivity index (χ1v) is 10.2. The number of rotatable bonds is 5. The van der Waals surface area contributed by atoms with Crippen molar-refractivity contribution in [2.75, 3.05) is 13.6 Å². The molecule has 2 aromatic carbocycles. The summed E-state index contributed by atoms with van der Waals surface area (Å²) in [4.78, 5) is 2.40. The fourth-order valence-corrected chi connectivity index (χ4v) is 5.10. The third kappa shape index (κ3) is 3.44. The van der Waals surface area contributed by atoms with Gasteiger partial charge >= 0.3 is 0 Å². The molecule has 0 amide bonds. The molecule has 0 saturated carbocycles. The average Bonchev–Trinajstić information content (AvgIpc) is 2.96. The van der Waals surface area contributed by atoms with E-state index in [9.17, 15) is 4.39 Å². The van der Waals surface area contributed by atoms with Gasteiger partial charge in [-0.25, -0.2) is 4.39 Å². The van der Waals surface area contributed by atoms with Gasteiger partial charge in [-0.15, -0.1) is 6.58 Å². The summed E-state index contributed by atoms with van der Waals surface area (Å²) in [6.45, 7) is 15.5. The summed E-state index contributed by atoms with van der Waals surface area (Å²) in [6, 6.07) is 13.4. The Balaban J connectivity index is 1.85. The molecule has 0 bridgehead atoms. The van der Waals surface area contributed by atoms with E-state index in [4.69, 9.17) is 0 Å². The largest absolute Gasteiger partial charge is 0.340 e. The van der Waals surface area contributed by atoms with Crippen LogP contribution < -0.4 is 0 Å². The highest BCUT2D eigenvalue weighted by atomic mass is 19.1. The Morgan fingerprint density at radius 3 is 2.62 bits per heavy atom. The van der Waals surface area contributed by atoms with Crippen molar-refractivity contribution in [2.24, 2.45) is 0 Å². The molecule has 0 radical (unpaired) electrons. The van der Waals surface area contributed by atoms with Crippen LogP contribution in [-0.4, -0.2) is 23.1 Å². The van der Waals surface area contributed by atoms with Crippen LogP contribution in [0.25, 0.3) is 16.5 Å². The second-order valence-electron chi connectivity index (χ2n) is 8.77. The maximum absolute atomic E-state index is 13.4. The average molecular weight is 389 g/mol. The lowest BCUT2D eigenvalue weighted by Gasteiger charge is -2.41. The maximum atomic E-state index is 13.4. The van der Waals surface area contributed by atoms with Gasteiger partial charge in [0.1, 0.15) is 5.82 Å². The van der Waals surface area contributed by atoms with Crippen LogP contribution in [0.5, 0.6) is 0 Å². The van der Waals surface area contributed by atoms with Crippen LogP contribution >= 0.6 is 0 Å². The lowest BCUT2D eigenvalue weighted by molar-refractivity contribution is 0.219. The maximum Gasteiger partial charge on any atom is 0.123 e. The summed E-state index contributed by atoms with van der Waals surface area (Å²) in [6.07, 6.45) is 2.80. The van der Waals surface area contributed by atoms with Gasteiger partial charge in [0.25, 0.3) is 0 Å². The molecule has 150 valence electrons. The van der Waals surface area contributed by atoms with Crippen LogP contribution in [0.4, 0.5) is 4.39 Å². The highest BCUT2D eigenvalue weighted by Crippen LogP contribution is 2.44. The first kappa shape index (κ1) is 19.7. The molecule has 1 unspecified atom stereocenters. The van der Waals surface area contributed by atoms with Crippen molar-refractivity contribution in [1.82, 2.24) is 9.47 Å². The number of aromatic nitrogens is 1. The Bertz CT molecular complexity index is 1090. The molecule has 1 aliphatic rings. The van der Waals surface area contributed by atoms with E-state index in [-0.39, 0.29) is 11.2 Å². The van der Waals surface area contributed by atoms with Crippen molar-refractivity contribution < 1.29 is 4.39 Å². The number of likely N-dealkylation sites (N-methyl/N-ethyl adjacent to an activating group) is 1. The normalized spacial score (nSPS) is 19.3. The third-order valence-corrected chi connectivity index (χ3v) is 6.11. The van der Waals surface area contributed by atoms with E-state index in [0.29, 0.717) is 0 Å². The number of hydrogen-bond donors (Lipinski definition) is 0. The molecule has 3 aromatic rings. The molecule has 29 heavy (non-hydrogen) atoms. The molecule has 3 heteroatoms. The van der Waals surface area contributed by atoms with Gasteiger partial charge in [-0.2, -0.15) is 0 Å². The minimum Gasteiger partial charge on any atom is -0.340 e. The standard InChI is InChI=1S/C26H29FN2/c1-6-13-29-24-12-7-18(2)14-22(24)23-16-28(5)17-26(4,25(23)29)15-19(3)20-8-10-21(27)11-9-20/h6-12,14H,1,3,13,15-17H2,2,4-5H3. The minimum atomic E-state index is -0.214. The Morgan fingerprint density at radius 1 is 1.21 bits per heavy atom. The van der Waals surface area contributed by atoms with E-state index in [0.717, 1.165) is 37.2 Å². The van der Waals surface area contributed by atoms with E-state index in [2.05, 4.69) is 61.7 Å². The Hall–Kier alpha value is -2.65. The number of halogens is 1. The SMILES string of the molecule is C=CCn1c2c(c3cc(C)ccc31)CN(C)CC2(C)CC(=C)c1ccc(F)cc1. The zero-order valence-corrected chi connectivity index (χ0v) is 17.6. The van der Waals surface area contributed by atoms with Crippen molar-refractivity contribution in [3.63, 3.8) is 0 Å². The van der Waals surface area contributed by atoms with Crippen molar-refractivity contribution in [1.29, 1.82) is 0 Å². The van der Waals surface area contributed by atoms with Gasteiger partial charge in [0.2, 0.25) is 0 Å². The van der Waals surface area contributed by atoms with E-state index in [1.165, 1.54) is 39.9 Å². The number of allylic oxidation sites excluding steroid dienone is 2. The molecule has 0 N–H and O–H groups in total. The highest BCUT2D eigenvalue weighted by molar-refractivity contribution is 5.87. The number of aryl methyl sites for hydroxylation is 1. The molecule has 2 nitrogen and oxygen atoms in total. The lowest BCUT2D eigenvalue weighted by Crippen LogP contribution is -2.43. The summed E-state index contributed by atoms with van der Waals surface area (Å²) < 4.78 is 15.8. The van der Waals surface area contributed by atoms with Crippen LogP contribution in [0.3, 0.4) is 0 Å². The molecule has 1 atom stereocenters. The zero-order chi connectivity index (χ0) is 20.8. The van der Waals surface area contributed by atoms with Gasteiger partial charge in [-0.05, 0) is 61.4 Å². The summed E-state index contributed by atoms with van der Waals surface area (Å²) in [7, 11) is 2.19. The second kappa shape index (κ2) is 7.31. The van der Waals surface area contributed by atoms with Gasteiger partial charge < -0.3 is 9.47 Å². The van der Waals surface area contributed by atoms with Crippen LogP contribution in [0.15, 0.2) is 61.7 Å². The number of nitrogens with zero attached hydrogens (tertiary/aromatic N) is 2. The molecular weight excluding hydrogens is 359 g/mol. The molecule has 2 heterocycles. The Kier molecular flexibility index (Phi) is 4.95. The first-order valence-electron chi connectivity index (χ1n) is 10.2. The van der Waals surface area contributed by atoms with Crippen LogP contribution in [0, 0.1) is 12.7 Å². The van der Waals surface area contributed by atoms with Crippen LogP contribution in [0.2, 0.25) is 0 Å². The molecule has 0 fully saturated rings. The summed E-state index contributed by atoms with van der Waals surface area (Å²) >= 11 is 0. The molecule has 0 aliphatic carbocycles. The lowest BCUT2D eigenvalue weighted by atomic mass is 9.75. The zero-order valence-electron chi connectivity index (χ0n) is 17.6. The van der Waals surface area contributed by atoms with Crippen molar-refractivity contribution in [3.05, 3.63) is 89.9 Å². The van der Waals surface area contributed by atoms with Crippen molar-refractivity contribution >= 4 is 16.5 Å². The predicted octanol–water partition coefficient (Wildman–Crippen LogP) is 6.08. The molecule has 0 spiro atoms. The summed E-state index contributed by atoms with van der Waals surface area (Å²) in [5.74, 6) is -0.214. The van der Waals surface area contributed by atoms with Gasteiger partial charge in [0.15, 0.2) is 0 Å². The first-order chi connectivity index (χ1) is 13.8.